The number of aryl methyl sites for hydroxylation is 1. The highest BCUT2D eigenvalue weighted by Gasteiger charge is 1.99. The Balaban J connectivity index is 2.96. The number of rotatable bonds is 2. The van der Waals surface area contributed by atoms with E-state index in [4.69, 9.17) is 5.73 Å². The minimum Gasteiger partial charge on any atom is -0.330 e. The lowest BCUT2D eigenvalue weighted by atomic mass is 10.1. The van der Waals surface area contributed by atoms with Crippen LogP contribution in [0, 0.1) is 6.92 Å². The molecule has 11 heavy (non-hydrogen) atoms. The second kappa shape index (κ2) is 3.88. The van der Waals surface area contributed by atoms with Crippen molar-refractivity contribution in [2.75, 3.05) is 6.54 Å². The van der Waals surface area contributed by atoms with Crippen LogP contribution >= 0.6 is 15.9 Å². The third-order valence-corrected chi connectivity index (χ3v) is 2.82. The smallest absolute Gasteiger partial charge is 0.0236 e. The summed E-state index contributed by atoms with van der Waals surface area (Å²) < 4.78 is 1.20. The van der Waals surface area contributed by atoms with Crippen LogP contribution in [0.1, 0.15) is 11.1 Å². The van der Waals surface area contributed by atoms with Crippen molar-refractivity contribution in [2.24, 2.45) is 5.73 Å². The third kappa shape index (κ3) is 2.04. The second-order valence-corrected chi connectivity index (χ2v) is 3.38. The number of benzene rings is 1. The molecule has 0 fully saturated rings. The van der Waals surface area contributed by atoms with Gasteiger partial charge in [0.15, 0.2) is 0 Å². The van der Waals surface area contributed by atoms with Crippen molar-refractivity contribution in [1.82, 2.24) is 0 Å². The molecule has 0 aromatic heterocycles. The Labute approximate surface area is 75.7 Å². The fourth-order valence-electron chi connectivity index (χ4n) is 1.06. The van der Waals surface area contributed by atoms with E-state index in [1.807, 2.05) is 0 Å². The fourth-order valence-corrected chi connectivity index (χ4v) is 1.52. The highest BCUT2D eigenvalue weighted by molar-refractivity contribution is 9.10. The van der Waals surface area contributed by atoms with Gasteiger partial charge in [-0.25, -0.2) is 0 Å². The molecule has 0 aliphatic rings. The summed E-state index contributed by atoms with van der Waals surface area (Å²) in [7, 11) is 0. The number of hydrogen-bond acceptors (Lipinski definition) is 1. The quantitative estimate of drug-likeness (QED) is 0.802. The highest BCUT2D eigenvalue weighted by atomic mass is 79.9. The van der Waals surface area contributed by atoms with Crippen molar-refractivity contribution >= 4 is 15.9 Å². The molecule has 1 aromatic rings. The van der Waals surface area contributed by atoms with Gasteiger partial charge in [-0.15, -0.1) is 0 Å². The van der Waals surface area contributed by atoms with Gasteiger partial charge in [-0.3, -0.25) is 0 Å². The van der Waals surface area contributed by atoms with Crippen molar-refractivity contribution in [2.45, 2.75) is 13.3 Å². The van der Waals surface area contributed by atoms with E-state index in [-0.39, 0.29) is 0 Å². The van der Waals surface area contributed by atoms with Crippen molar-refractivity contribution in [3.05, 3.63) is 33.8 Å². The number of halogens is 1. The standard InChI is InChI=1S/C9H12BrN/c1-7-3-2-4-8(5-6-11)9(7)10/h2-4H,5-6,11H2,1H3. The molecule has 0 amide bonds. The van der Waals surface area contributed by atoms with Crippen molar-refractivity contribution < 1.29 is 0 Å². The predicted molar refractivity (Wildman–Crippen MR) is 51.6 cm³/mol. The van der Waals surface area contributed by atoms with Crippen LogP contribution < -0.4 is 5.73 Å². The van der Waals surface area contributed by atoms with Crippen molar-refractivity contribution in [1.29, 1.82) is 0 Å². The first-order chi connectivity index (χ1) is 5.25. The third-order valence-electron chi connectivity index (χ3n) is 1.69. The summed E-state index contributed by atoms with van der Waals surface area (Å²) in [5.41, 5.74) is 8.03. The maximum Gasteiger partial charge on any atom is 0.0236 e. The molecule has 1 aromatic carbocycles. The molecular weight excluding hydrogens is 202 g/mol. The molecule has 0 saturated heterocycles. The molecule has 0 saturated carbocycles. The fraction of sp³-hybridized carbons (Fsp3) is 0.333. The molecule has 0 unspecified atom stereocenters. The lowest BCUT2D eigenvalue weighted by molar-refractivity contribution is 0.960. The van der Waals surface area contributed by atoms with Crippen LogP contribution in [0.4, 0.5) is 0 Å². The molecule has 0 heterocycles. The monoisotopic (exact) mass is 213 g/mol. The zero-order valence-electron chi connectivity index (χ0n) is 6.60. The average molecular weight is 214 g/mol. The van der Waals surface area contributed by atoms with Crippen LogP contribution in [-0.2, 0) is 6.42 Å². The normalized spacial score (nSPS) is 10.1. The zero-order valence-corrected chi connectivity index (χ0v) is 8.19. The van der Waals surface area contributed by atoms with E-state index in [2.05, 4.69) is 41.1 Å². The van der Waals surface area contributed by atoms with Crippen LogP contribution in [0.15, 0.2) is 22.7 Å². The first kappa shape index (κ1) is 8.75. The van der Waals surface area contributed by atoms with E-state index in [9.17, 15) is 0 Å². The Bertz CT molecular complexity index is 245. The van der Waals surface area contributed by atoms with E-state index in [0.717, 1.165) is 6.42 Å². The van der Waals surface area contributed by atoms with Gasteiger partial charge in [-0.2, -0.15) is 0 Å². The van der Waals surface area contributed by atoms with Crippen molar-refractivity contribution in [3.8, 4) is 0 Å². The largest absolute Gasteiger partial charge is 0.330 e. The number of hydrogen-bond donors (Lipinski definition) is 1. The van der Waals surface area contributed by atoms with Crippen molar-refractivity contribution in [3.63, 3.8) is 0 Å². The van der Waals surface area contributed by atoms with Gasteiger partial charge in [-0.1, -0.05) is 34.1 Å². The summed E-state index contributed by atoms with van der Waals surface area (Å²) in [4.78, 5) is 0. The SMILES string of the molecule is Cc1cccc(CCN)c1Br. The molecule has 0 bridgehead atoms. The minimum absolute atomic E-state index is 0.710. The van der Waals surface area contributed by atoms with Crippen LogP contribution in [0.25, 0.3) is 0 Å². The van der Waals surface area contributed by atoms with Gasteiger partial charge in [0.25, 0.3) is 0 Å². The van der Waals surface area contributed by atoms with Gasteiger partial charge in [-0.05, 0) is 31.0 Å². The maximum atomic E-state index is 5.46. The first-order valence-electron chi connectivity index (χ1n) is 3.69. The Morgan fingerprint density at radius 1 is 1.45 bits per heavy atom. The summed E-state index contributed by atoms with van der Waals surface area (Å²) in [6.07, 6.45) is 0.947. The molecular formula is C9H12BrN. The molecule has 60 valence electrons. The summed E-state index contributed by atoms with van der Waals surface area (Å²) in [5, 5.41) is 0. The summed E-state index contributed by atoms with van der Waals surface area (Å²) in [6.45, 7) is 2.80. The van der Waals surface area contributed by atoms with Crippen LogP contribution in [0.3, 0.4) is 0 Å². The molecule has 1 rings (SSSR count). The Kier molecular flexibility index (Phi) is 3.09. The predicted octanol–water partition coefficient (Wildman–Crippen LogP) is 2.26. The van der Waals surface area contributed by atoms with Gasteiger partial charge in [0.1, 0.15) is 0 Å². The molecule has 1 nitrogen and oxygen atoms in total. The molecule has 0 aliphatic carbocycles. The molecule has 0 spiro atoms. The topological polar surface area (TPSA) is 26.0 Å². The minimum atomic E-state index is 0.710. The zero-order chi connectivity index (χ0) is 8.27. The lowest BCUT2D eigenvalue weighted by Gasteiger charge is -2.04. The Morgan fingerprint density at radius 2 is 2.18 bits per heavy atom. The first-order valence-corrected chi connectivity index (χ1v) is 4.49. The second-order valence-electron chi connectivity index (χ2n) is 2.59. The van der Waals surface area contributed by atoms with Gasteiger partial charge < -0.3 is 5.73 Å². The average Bonchev–Trinajstić information content (AvgIpc) is 1.99. The van der Waals surface area contributed by atoms with E-state index in [1.165, 1.54) is 15.6 Å². The van der Waals surface area contributed by atoms with Gasteiger partial charge in [0.2, 0.25) is 0 Å². The Hall–Kier alpha value is -0.340. The molecule has 2 N–H and O–H groups in total. The van der Waals surface area contributed by atoms with Crippen LogP contribution in [-0.4, -0.2) is 6.54 Å². The van der Waals surface area contributed by atoms with Gasteiger partial charge in [0.05, 0.1) is 0 Å². The van der Waals surface area contributed by atoms with Crippen LogP contribution in [0.2, 0.25) is 0 Å². The maximum absolute atomic E-state index is 5.46. The van der Waals surface area contributed by atoms with Gasteiger partial charge in [0, 0.05) is 4.47 Å². The molecule has 0 atom stereocenters. The van der Waals surface area contributed by atoms with E-state index in [0.29, 0.717) is 6.54 Å². The molecule has 0 radical (unpaired) electrons. The van der Waals surface area contributed by atoms with E-state index < -0.39 is 0 Å². The summed E-state index contributed by atoms with van der Waals surface area (Å²) >= 11 is 3.53. The van der Waals surface area contributed by atoms with E-state index >= 15 is 0 Å². The summed E-state index contributed by atoms with van der Waals surface area (Å²) in [6, 6.07) is 6.25. The molecule has 0 aliphatic heterocycles. The van der Waals surface area contributed by atoms with Crippen LogP contribution in [0.5, 0.6) is 0 Å². The Morgan fingerprint density at radius 3 is 2.82 bits per heavy atom. The lowest BCUT2D eigenvalue weighted by Crippen LogP contribution is -2.03. The van der Waals surface area contributed by atoms with Gasteiger partial charge >= 0.3 is 0 Å². The number of nitrogens with two attached hydrogens (primary N) is 1. The summed E-state index contributed by atoms with van der Waals surface area (Å²) in [5.74, 6) is 0. The van der Waals surface area contributed by atoms with E-state index in [1.54, 1.807) is 0 Å². The highest BCUT2D eigenvalue weighted by Crippen LogP contribution is 2.20. The molecule has 2 heteroatoms.